The lowest BCUT2D eigenvalue weighted by Gasteiger charge is -2.19. The first-order chi connectivity index (χ1) is 12.1. The van der Waals surface area contributed by atoms with Gasteiger partial charge >= 0.3 is 0 Å². The standard InChI is InChI=1S/C18H23N3O2S2/c1-12(2)11-24-18-21-20-17(25-18)19-16(22)10-23-15-9-5-7-13-6-3-4-8-14(13)15/h5,7,9,12H,3-4,6,8,10-11H2,1-2H3,(H,19,20,22). The van der Waals surface area contributed by atoms with E-state index in [-0.39, 0.29) is 12.5 Å². The van der Waals surface area contributed by atoms with Crippen molar-refractivity contribution in [1.82, 2.24) is 10.2 Å². The molecule has 1 aliphatic rings. The molecule has 0 bridgehead atoms. The lowest BCUT2D eigenvalue weighted by molar-refractivity contribution is -0.118. The molecule has 0 spiro atoms. The largest absolute Gasteiger partial charge is 0.483 e. The molecule has 1 aromatic carbocycles. The molecule has 1 aliphatic carbocycles. The molecular weight excluding hydrogens is 354 g/mol. The Balaban J connectivity index is 1.52. The lowest BCUT2D eigenvalue weighted by atomic mass is 9.91. The Morgan fingerprint density at radius 1 is 1.32 bits per heavy atom. The highest BCUT2D eigenvalue weighted by atomic mass is 32.2. The predicted molar refractivity (Wildman–Crippen MR) is 103 cm³/mol. The third-order valence-electron chi connectivity index (χ3n) is 3.90. The van der Waals surface area contributed by atoms with Gasteiger partial charge in [0.25, 0.3) is 5.91 Å². The van der Waals surface area contributed by atoms with Crippen LogP contribution in [0.4, 0.5) is 5.13 Å². The van der Waals surface area contributed by atoms with Crippen LogP contribution in [0.25, 0.3) is 0 Å². The average Bonchev–Trinajstić information content (AvgIpc) is 3.05. The van der Waals surface area contributed by atoms with Gasteiger partial charge in [-0.15, -0.1) is 10.2 Å². The third-order valence-corrected chi connectivity index (χ3v) is 6.30. The summed E-state index contributed by atoms with van der Waals surface area (Å²) in [6, 6.07) is 6.10. The SMILES string of the molecule is CC(C)CSc1nnc(NC(=O)COc2cccc3c2CCCC3)s1. The Bertz CT molecular complexity index is 731. The minimum absolute atomic E-state index is 0.00942. The number of benzene rings is 1. The van der Waals surface area contributed by atoms with Crippen LogP contribution >= 0.6 is 23.1 Å². The van der Waals surface area contributed by atoms with Gasteiger partial charge in [0.05, 0.1) is 0 Å². The number of nitrogens with one attached hydrogen (secondary N) is 1. The van der Waals surface area contributed by atoms with E-state index in [1.807, 2.05) is 12.1 Å². The summed E-state index contributed by atoms with van der Waals surface area (Å²) in [6.45, 7) is 4.32. The fraction of sp³-hybridized carbons (Fsp3) is 0.500. The number of carbonyl (C=O) groups excluding carboxylic acids is 1. The molecule has 0 unspecified atom stereocenters. The molecule has 0 saturated carbocycles. The van der Waals surface area contributed by atoms with Crippen LogP contribution in [0.3, 0.4) is 0 Å². The first-order valence-electron chi connectivity index (χ1n) is 8.61. The molecule has 5 nitrogen and oxygen atoms in total. The van der Waals surface area contributed by atoms with Gasteiger partial charge in [-0.2, -0.15) is 0 Å². The summed E-state index contributed by atoms with van der Waals surface area (Å²) in [7, 11) is 0. The predicted octanol–water partition coefficient (Wildman–Crippen LogP) is 4.18. The van der Waals surface area contributed by atoms with Gasteiger partial charge in [0, 0.05) is 5.75 Å². The second-order valence-electron chi connectivity index (χ2n) is 6.52. The molecule has 1 heterocycles. The number of rotatable bonds is 7. The summed E-state index contributed by atoms with van der Waals surface area (Å²) < 4.78 is 6.64. The molecule has 7 heteroatoms. The van der Waals surface area contributed by atoms with Gasteiger partial charge in [0.15, 0.2) is 10.9 Å². The van der Waals surface area contributed by atoms with Crippen LogP contribution < -0.4 is 10.1 Å². The van der Waals surface area contributed by atoms with E-state index in [4.69, 9.17) is 4.74 Å². The van der Waals surface area contributed by atoms with Crippen LogP contribution in [0.2, 0.25) is 0 Å². The molecule has 0 atom stereocenters. The quantitative estimate of drug-likeness (QED) is 0.579. The number of thioether (sulfide) groups is 1. The van der Waals surface area contributed by atoms with Gasteiger partial charge in [0.1, 0.15) is 5.75 Å². The third kappa shape index (κ3) is 5.19. The van der Waals surface area contributed by atoms with E-state index >= 15 is 0 Å². The number of nitrogens with zero attached hydrogens (tertiary/aromatic N) is 2. The maximum Gasteiger partial charge on any atom is 0.264 e. The summed E-state index contributed by atoms with van der Waals surface area (Å²) in [5.41, 5.74) is 2.60. The summed E-state index contributed by atoms with van der Waals surface area (Å²) in [5, 5.41) is 11.4. The minimum Gasteiger partial charge on any atom is -0.483 e. The Kier molecular flexibility index (Phi) is 6.31. The number of amides is 1. The number of aryl methyl sites for hydroxylation is 1. The summed E-state index contributed by atoms with van der Waals surface area (Å²) in [5.74, 6) is 2.21. The van der Waals surface area contributed by atoms with Crippen LogP contribution in [0.5, 0.6) is 5.75 Å². The fourth-order valence-corrected chi connectivity index (χ4v) is 4.48. The van der Waals surface area contributed by atoms with Crippen molar-refractivity contribution in [1.29, 1.82) is 0 Å². The fourth-order valence-electron chi connectivity index (χ4n) is 2.74. The van der Waals surface area contributed by atoms with E-state index in [0.29, 0.717) is 11.0 Å². The molecule has 0 aliphatic heterocycles. The molecule has 134 valence electrons. The molecule has 1 aromatic heterocycles. The Hall–Kier alpha value is -1.60. The number of anilines is 1. The Labute approximate surface area is 156 Å². The van der Waals surface area contributed by atoms with Gasteiger partial charge in [-0.25, -0.2) is 0 Å². The highest BCUT2D eigenvalue weighted by Gasteiger charge is 2.15. The zero-order valence-electron chi connectivity index (χ0n) is 14.6. The monoisotopic (exact) mass is 377 g/mol. The second kappa shape index (κ2) is 8.67. The maximum atomic E-state index is 12.1. The van der Waals surface area contributed by atoms with Crippen molar-refractivity contribution in [2.24, 2.45) is 5.92 Å². The summed E-state index contributed by atoms with van der Waals surface area (Å²) in [6.07, 6.45) is 4.53. The highest BCUT2D eigenvalue weighted by molar-refractivity contribution is 8.01. The summed E-state index contributed by atoms with van der Waals surface area (Å²) in [4.78, 5) is 12.1. The highest BCUT2D eigenvalue weighted by Crippen LogP contribution is 2.30. The molecule has 0 saturated heterocycles. The lowest BCUT2D eigenvalue weighted by Crippen LogP contribution is -2.20. The molecule has 1 amide bonds. The molecule has 0 fully saturated rings. The zero-order valence-corrected chi connectivity index (χ0v) is 16.2. The first-order valence-corrected chi connectivity index (χ1v) is 10.4. The molecule has 0 radical (unpaired) electrons. The maximum absolute atomic E-state index is 12.1. The van der Waals surface area contributed by atoms with Gasteiger partial charge in [0.2, 0.25) is 5.13 Å². The molecule has 1 N–H and O–H groups in total. The molecule has 25 heavy (non-hydrogen) atoms. The van der Waals surface area contributed by atoms with E-state index in [0.717, 1.165) is 28.7 Å². The Morgan fingerprint density at radius 2 is 2.16 bits per heavy atom. The van der Waals surface area contributed by atoms with Crippen LogP contribution in [0, 0.1) is 5.92 Å². The van der Waals surface area contributed by atoms with E-state index in [9.17, 15) is 4.79 Å². The average molecular weight is 378 g/mol. The van der Waals surface area contributed by atoms with Crippen LogP contribution in [-0.2, 0) is 17.6 Å². The van der Waals surface area contributed by atoms with Crippen molar-refractivity contribution < 1.29 is 9.53 Å². The molecule has 2 aromatic rings. The van der Waals surface area contributed by atoms with Gasteiger partial charge < -0.3 is 4.74 Å². The van der Waals surface area contributed by atoms with E-state index in [1.54, 1.807) is 11.8 Å². The normalized spacial score (nSPS) is 13.6. The minimum atomic E-state index is -0.204. The topological polar surface area (TPSA) is 64.1 Å². The van der Waals surface area contributed by atoms with Crippen molar-refractivity contribution in [2.75, 3.05) is 17.7 Å². The van der Waals surface area contributed by atoms with Crippen molar-refractivity contribution in [3.05, 3.63) is 29.3 Å². The van der Waals surface area contributed by atoms with Crippen LogP contribution in [-0.4, -0.2) is 28.5 Å². The van der Waals surface area contributed by atoms with Crippen molar-refractivity contribution in [3.63, 3.8) is 0 Å². The molecule has 3 rings (SSSR count). The number of aromatic nitrogens is 2. The van der Waals surface area contributed by atoms with Crippen molar-refractivity contribution in [2.45, 2.75) is 43.9 Å². The number of ether oxygens (including phenoxy) is 1. The van der Waals surface area contributed by atoms with Gasteiger partial charge in [-0.05, 0) is 48.8 Å². The van der Waals surface area contributed by atoms with E-state index in [1.165, 1.54) is 35.3 Å². The number of carbonyl (C=O) groups is 1. The first kappa shape index (κ1) is 18.2. The summed E-state index contributed by atoms with van der Waals surface area (Å²) >= 11 is 3.07. The number of hydrogen-bond donors (Lipinski definition) is 1. The number of fused-ring (bicyclic) bond motifs is 1. The van der Waals surface area contributed by atoms with Crippen LogP contribution in [0.15, 0.2) is 22.5 Å². The van der Waals surface area contributed by atoms with E-state index in [2.05, 4.69) is 35.4 Å². The van der Waals surface area contributed by atoms with Gasteiger partial charge in [-0.1, -0.05) is 49.1 Å². The molecular formula is C18H23N3O2S2. The Morgan fingerprint density at radius 3 is 3.00 bits per heavy atom. The van der Waals surface area contributed by atoms with Gasteiger partial charge in [-0.3, -0.25) is 10.1 Å². The zero-order chi connectivity index (χ0) is 17.6. The van der Waals surface area contributed by atoms with Crippen molar-refractivity contribution in [3.8, 4) is 5.75 Å². The van der Waals surface area contributed by atoms with Crippen LogP contribution in [0.1, 0.15) is 37.8 Å². The smallest absolute Gasteiger partial charge is 0.264 e. The van der Waals surface area contributed by atoms with E-state index < -0.39 is 0 Å². The number of hydrogen-bond acceptors (Lipinski definition) is 6. The second-order valence-corrected chi connectivity index (χ2v) is 8.76. The van der Waals surface area contributed by atoms with Crippen molar-refractivity contribution >= 4 is 34.1 Å².